The zero-order valence-electron chi connectivity index (χ0n) is 9.38. The number of carboxylic acids is 1. The molecule has 8 N–H and O–H groups in total. The van der Waals surface area contributed by atoms with Crippen LogP contribution in [0.1, 0.15) is 6.42 Å². The van der Waals surface area contributed by atoms with Crippen LogP contribution in [-0.2, 0) is 9.53 Å². The Balaban J connectivity index is 0.00000324. The molecule has 0 saturated carbocycles. The first-order valence-corrected chi connectivity index (χ1v) is 5.27. The van der Waals surface area contributed by atoms with E-state index in [0.717, 1.165) is 0 Å². The third-order valence-electron chi connectivity index (χ3n) is 2.89. The molecule has 1 rings (SSSR count). The van der Waals surface area contributed by atoms with Crippen molar-refractivity contribution in [2.45, 2.75) is 42.7 Å². The molecule has 1 aliphatic rings. The number of hydrogen-bond donors (Lipinski definition) is 7. The molecule has 0 unspecified atom stereocenters. The van der Waals surface area contributed by atoms with Gasteiger partial charge in [-0.05, 0) is 0 Å². The van der Waals surface area contributed by atoms with Gasteiger partial charge in [0, 0.05) is 6.42 Å². The summed E-state index contributed by atoms with van der Waals surface area (Å²) >= 11 is 0. The van der Waals surface area contributed by atoms with E-state index >= 15 is 0 Å². The molecule has 0 aliphatic carbocycles. The van der Waals surface area contributed by atoms with Crippen LogP contribution in [0.5, 0.6) is 0 Å². The van der Waals surface area contributed by atoms with E-state index in [2.05, 4.69) is 0 Å². The second-order valence-corrected chi connectivity index (χ2v) is 4.26. The molecule has 9 nitrogen and oxygen atoms in total. The summed E-state index contributed by atoms with van der Waals surface area (Å²) in [5.74, 6) is -4.44. The summed E-state index contributed by atoms with van der Waals surface area (Å²) in [4.78, 5) is 10.8. The zero-order chi connectivity index (χ0) is 14.1. The maximum atomic E-state index is 10.8. The fourth-order valence-electron chi connectivity index (χ4n) is 1.75. The quantitative estimate of drug-likeness (QED) is 0.251. The molecule has 0 bridgehead atoms. The first-order valence-electron chi connectivity index (χ1n) is 5.27. The number of hydrogen-bond acceptors (Lipinski definition) is 8. The minimum absolute atomic E-state index is 0. The maximum absolute atomic E-state index is 10.8. The Hall–Kier alpha value is 0.190. The van der Waals surface area contributed by atoms with E-state index in [1.807, 2.05) is 0 Å². The molecule has 19 heavy (non-hydrogen) atoms. The zero-order valence-corrected chi connectivity index (χ0v) is 9.38. The van der Waals surface area contributed by atoms with Gasteiger partial charge < -0.3 is 41.1 Å². The third-order valence-corrected chi connectivity index (χ3v) is 2.89. The van der Waals surface area contributed by atoms with E-state index in [4.69, 9.17) is 20.7 Å². The number of carbonyl (C=O) groups is 1. The van der Waals surface area contributed by atoms with Crippen molar-refractivity contribution in [1.82, 2.24) is 0 Å². The SMILES string of the molecule is N[C@H]1[C@H]([C@H](O)[C@H](O)CO)O[C@](O)(C(=O)O)C[C@@H]1O.[NaH]. The third kappa shape index (κ3) is 4.08. The van der Waals surface area contributed by atoms with Crippen LogP contribution in [0.4, 0.5) is 0 Å². The number of aliphatic hydroxyl groups is 5. The molecule has 0 spiro atoms. The van der Waals surface area contributed by atoms with Crippen LogP contribution < -0.4 is 5.73 Å². The Morgan fingerprint density at radius 3 is 2.42 bits per heavy atom. The minimum atomic E-state index is -2.70. The van der Waals surface area contributed by atoms with Crippen molar-refractivity contribution in [3.8, 4) is 0 Å². The van der Waals surface area contributed by atoms with Crippen LogP contribution in [0.3, 0.4) is 0 Å². The van der Waals surface area contributed by atoms with Gasteiger partial charge >= 0.3 is 35.5 Å². The number of aliphatic carboxylic acids is 1. The van der Waals surface area contributed by atoms with Crippen molar-refractivity contribution in [3.63, 3.8) is 0 Å². The Morgan fingerprint density at radius 1 is 1.47 bits per heavy atom. The van der Waals surface area contributed by atoms with Crippen LogP contribution in [0, 0.1) is 0 Å². The summed E-state index contributed by atoms with van der Waals surface area (Å²) in [7, 11) is 0. The van der Waals surface area contributed by atoms with E-state index in [1.54, 1.807) is 0 Å². The number of ether oxygens (including phenoxy) is 1. The molecule has 1 heterocycles. The molecule has 0 amide bonds. The average molecular weight is 291 g/mol. The molecular weight excluding hydrogens is 273 g/mol. The molecular formula is C9H18NNaO8. The Morgan fingerprint density at radius 2 is 2.00 bits per heavy atom. The Bertz CT molecular complexity index is 319. The van der Waals surface area contributed by atoms with Crippen molar-refractivity contribution in [3.05, 3.63) is 0 Å². The second-order valence-electron chi connectivity index (χ2n) is 4.26. The van der Waals surface area contributed by atoms with Crippen LogP contribution >= 0.6 is 0 Å². The molecule has 0 aromatic carbocycles. The van der Waals surface area contributed by atoms with Gasteiger partial charge in [0.1, 0.15) is 18.3 Å². The van der Waals surface area contributed by atoms with Gasteiger partial charge in [0.2, 0.25) is 0 Å². The molecule has 108 valence electrons. The number of nitrogens with two attached hydrogens (primary N) is 1. The standard InChI is InChI=1S/C9H17NO8.Na.H/c10-5-3(12)1-9(17,8(15)16)18-7(5)6(14)4(13)2-11;;/h3-7,11-14,17H,1-2,10H2,(H,15,16);;/t3-,4+,5+,6+,7+,9-;;/m0../s1. The van der Waals surface area contributed by atoms with Gasteiger partial charge in [0.05, 0.1) is 18.8 Å². The number of rotatable bonds is 4. The van der Waals surface area contributed by atoms with Gasteiger partial charge in [-0.3, -0.25) is 0 Å². The summed E-state index contributed by atoms with van der Waals surface area (Å²) in [5, 5.41) is 55.5. The fraction of sp³-hybridized carbons (Fsp3) is 0.889. The molecule has 0 aromatic heterocycles. The van der Waals surface area contributed by atoms with Gasteiger partial charge in [0.15, 0.2) is 0 Å². The van der Waals surface area contributed by atoms with Gasteiger partial charge in [-0.25, -0.2) is 4.79 Å². The average Bonchev–Trinajstić information content (AvgIpc) is 2.31. The Kier molecular flexibility index (Phi) is 7.34. The van der Waals surface area contributed by atoms with Gasteiger partial charge in [0.25, 0.3) is 5.79 Å². The summed E-state index contributed by atoms with van der Waals surface area (Å²) in [6.07, 6.45) is -7.01. The van der Waals surface area contributed by atoms with Crippen LogP contribution in [0.15, 0.2) is 0 Å². The second kappa shape index (κ2) is 7.27. The van der Waals surface area contributed by atoms with Crippen molar-refractivity contribution in [2.24, 2.45) is 5.73 Å². The molecule has 1 fully saturated rings. The number of aliphatic hydroxyl groups excluding tert-OH is 4. The predicted octanol–water partition coefficient (Wildman–Crippen LogP) is -4.70. The Labute approximate surface area is 130 Å². The van der Waals surface area contributed by atoms with Crippen molar-refractivity contribution >= 4 is 35.5 Å². The predicted molar refractivity (Wildman–Crippen MR) is 62.3 cm³/mol. The molecule has 1 saturated heterocycles. The van der Waals surface area contributed by atoms with E-state index < -0.39 is 55.2 Å². The first kappa shape index (κ1) is 19.2. The van der Waals surface area contributed by atoms with Gasteiger partial charge in [-0.1, -0.05) is 0 Å². The van der Waals surface area contributed by atoms with E-state index in [9.17, 15) is 25.2 Å². The molecule has 0 radical (unpaired) electrons. The van der Waals surface area contributed by atoms with Crippen molar-refractivity contribution in [1.29, 1.82) is 0 Å². The summed E-state index contributed by atoms with van der Waals surface area (Å²) in [6, 6.07) is -1.21. The van der Waals surface area contributed by atoms with Crippen molar-refractivity contribution in [2.75, 3.05) is 6.61 Å². The van der Waals surface area contributed by atoms with Crippen molar-refractivity contribution < 1.29 is 40.2 Å². The van der Waals surface area contributed by atoms with E-state index in [-0.39, 0.29) is 29.6 Å². The van der Waals surface area contributed by atoms with Gasteiger partial charge in [-0.15, -0.1) is 0 Å². The molecule has 1 aliphatic heterocycles. The van der Waals surface area contributed by atoms with Gasteiger partial charge in [-0.2, -0.15) is 0 Å². The van der Waals surface area contributed by atoms with Crippen LogP contribution in [0.25, 0.3) is 0 Å². The molecule has 0 aromatic rings. The molecule has 6 atom stereocenters. The topological polar surface area (TPSA) is 174 Å². The summed E-state index contributed by atoms with van der Waals surface area (Å²) in [5.41, 5.74) is 5.51. The van der Waals surface area contributed by atoms with E-state index in [1.165, 1.54) is 0 Å². The first-order chi connectivity index (χ1) is 8.23. The fourth-order valence-corrected chi connectivity index (χ4v) is 1.75. The summed E-state index contributed by atoms with van der Waals surface area (Å²) in [6.45, 7) is -0.810. The summed E-state index contributed by atoms with van der Waals surface area (Å²) < 4.78 is 4.75. The van der Waals surface area contributed by atoms with Crippen LogP contribution in [0.2, 0.25) is 0 Å². The molecule has 10 heteroatoms. The van der Waals surface area contributed by atoms with Crippen LogP contribution in [-0.4, -0.2) is 109 Å². The monoisotopic (exact) mass is 291 g/mol. The number of carboxylic acid groups (broad SMARTS) is 1. The normalized spacial score (nSPS) is 38.1. The van der Waals surface area contributed by atoms with E-state index in [0.29, 0.717) is 0 Å².